The fourth-order valence-electron chi connectivity index (χ4n) is 3.22. The van der Waals surface area contributed by atoms with E-state index in [1.165, 1.54) is 32.1 Å². The molecule has 2 rings (SSSR count). The van der Waals surface area contributed by atoms with E-state index >= 15 is 0 Å². The summed E-state index contributed by atoms with van der Waals surface area (Å²) in [7, 11) is 0. The highest BCUT2D eigenvalue weighted by atomic mass is 16.5. The van der Waals surface area contributed by atoms with Crippen LogP contribution in [0.4, 0.5) is 0 Å². The zero-order valence-corrected chi connectivity index (χ0v) is 13.4. The van der Waals surface area contributed by atoms with Gasteiger partial charge in [0.1, 0.15) is 5.75 Å². The first-order valence-corrected chi connectivity index (χ1v) is 8.49. The number of nitrogens with zero attached hydrogens (tertiary/aromatic N) is 1. The molecule has 3 heteroatoms. The highest BCUT2D eigenvalue weighted by molar-refractivity contribution is 5.26. The van der Waals surface area contributed by atoms with Crippen LogP contribution in [0.15, 0.2) is 24.3 Å². The Hall–Kier alpha value is -1.06. The number of ether oxygens (including phenoxy) is 1. The van der Waals surface area contributed by atoms with Crippen molar-refractivity contribution >= 4 is 0 Å². The van der Waals surface area contributed by atoms with Crippen LogP contribution in [-0.4, -0.2) is 30.6 Å². The minimum atomic E-state index is 0.590. The van der Waals surface area contributed by atoms with Crippen LogP contribution in [0.25, 0.3) is 0 Å². The molecule has 0 bridgehead atoms. The predicted molar refractivity (Wildman–Crippen MR) is 88.6 cm³/mol. The first kappa shape index (κ1) is 16.3. The lowest BCUT2D eigenvalue weighted by atomic mass is 9.94. The van der Waals surface area contributed by atoms with E-state index < -0.39 is 0 Å². The van der Waals surface area contributed by atoms with E-state index in [1.54, 1.807) is 0 Å². The summed E-state index contributed by atoms with van der Waals surface area (Å²) in [5.74, 6) is 0.952. The largest absolute Gasteiger partial charge is 0.494 e. The predicted octanol–water partition coefficient (Wildman–Crippen LogP) is 3.57. The van der Waals surface area contributed by atoms with Gasteiger partial charge >= 0.3 is 0 Å². The van der Waals surface area contributed by atoms with Gasteiger partial charge in [-0.05, 0) is 43.5 Å². The molecule has 1 aliphatic rings. The first-order chi connectivity index (χ1) is 10.3. The van der Waals surface area contributed by atoms with Gasteiger partial charge in [0.2, 0.25) is 0 Å². The average Bonchev–Trinajstić information content (AvgIpc) is 2.56. The van der Waals surface area contributed by atoms with Crippen LogP contribution >= 0.6 is 0 Å². The Morgan fingerprint density at radius 2 is 1.86 bits per heavy atom. The monoisotopic (exact) mass is 290 g/mol. The molecule has 0 saturated heterocycles. The normalized spacial score (nSPS) is 16.3. The summed E-state index contributed by atoms with van der Waals surface area (Å²) in [5.41, 5.74) is 6.74. The molecule has 1 aliphatic carbocycles. The Morgan fingerprint density at radius 3 is 2.48 bits per heavy atom. The fraction of sp³-hybridized carbons (Fsp3) is 0.667. The third-order valence-electron chi connectivity index (χ3n) is 4.51. The van der Waals surface area contributed by atoms with Crippen LogP contribution in [-0.2, 0) is 6.54 Å². The quantitative estimate of drug-likeness (QED) is 0.744. The van der Waals surface area contributed by atoms with Gasteiger partial charge < -0.3 is 15.4 Å². The van der Waals surface area contributed by atoms with Crippen LogP contribution in [0.3, 0.4) is 0 Å². The lowest BCUT2D eigenvalue weighted by Crippen LogP contribution is -2.37. The van der Waals surface area contributed by atoms with Crippen molar-refractivity contribution in [3.8, 4) is 5.75 Å². The van der Waals surface area contributed by atoms with E-state index in [9.17, 15) is 0 Å². The lowest BCUT2D eigenvalue weighted by Gasteiger charge is -2.33. The molecule has 1 aromatic rings. The second kappa shape index (κ2) is 9.06. The maximum absolute atomic E-state index is 5.82. The summed E-state index contributed by atoms with van der Waals surface area (Å²) < 4.78 is 5.82. The van der Waals surface area contributed by atoms with Crippen LogP contribution in [0, 0.1) is 0 Å². The standard InChI is InChI=1S/C18H30N2O/c1-2-20(17-7-4-3-5-8-17)13-6-14-21-18-11-9-16(15-19)10-12-18/h9-12,17H,2-8,13-15,19H2,1H3. The Kier molecular flexibility index (Phi) is 7.04. The third-order valence-corrected chi connectivity index (χ3v) is 4.51. The minimum Gasteiger partial charge on any atom is -0.494 e. The fourth-order valence-corrected chi connectivity index (χ4v) is 3.22. The van der Waals surface area contributed by atoms with E-state index in [4.69, 9.17) is 10.5 Å². The molecule has 1 fully saturated rings. The zero-order valence-electron chi connectivity index (χ0n) is 13.4. The summed E-state index contributed by atoms with van der Waals surface area (Å²) in [4.78, 5) is 2.64. The van der Waals surface area contributed by atoms with Crippen molar-refractivity contribution in [1.29, 1.82) is 0 Å². The van der Waals surface area contributed by atoms with Gasteiger partial charge in [-0.1, -0.05) is 38.3 Å². The van der Waals surface area contributed by atoms with Crippen molar-refractivity contribution in [3.05, 3.63) is 29.8 Å². The molecular formula is C18H30N2O. The van der Waals surface area contributed by atoms with E-state index in [0.29, 0.717) is 6.54 Å². The molecule has 0 aliphatic heterocycles. The van der Waals surface area contributed by atoms with Crippen molar-refractivity contribution in [2.24, 2.45) is 5.73 Å². The summed E-state index contributed by atoms with van der Waals surface area (Å²) in [5, 5.41) is 0. The minimum absolute atomic E-state index is 0.590. The van der Waals surface area contributed by atoms with E-state index in [2.05, 4.69) is 11.8 Å². The number of nitrogens with two attached hydrogens (primary N) is 1. The molecule has 0 heterocycles. The van der Waals surface area contributed by atoms with Gasteiger partial charge in [0.15, 0.2) is 0 Å². The van der Waals surface area contributed by atoms with Crippen LogP contribution in [0.5, 0.6) is 5.75 Å². The molecule has 3 nitrogen and oxygen atoms in total. The van der Waals surface area contributed by atoms with Gasteiger partial charge in [0.05, 0.1) is 6.61 Å². The Balaban J connectivity index is 1.67. The molecule has 2 N–H and O–H groups in total. The van der Waals surface area contributed by atoms with Crippen LogP contribution in [0.1, 0.15) is 51.0 Å². The SMILES string of the molecule is CCN(CCCOc1ccc(CN)cc1)C1CCCCC1. The highest BCUT2D eigenvalue weighted by Gasteiger charge is 2.19. The van der Waals surface area contributed by atoms with Gasteiger partial charge in [-0.15, -0.1) is 0 Å². The first-order valence-electron chi connectivity index (χ1n) is 8.49. The molecule has 1 aromatic carbocycles. The number of rotatable bonds is 8. The number of hydrogen-bond donors (Lipinski definition) is 1. The molecule has 0 unspecified atom stereocenters. The maximum Gasteiger partial charge on any atom is 0.119 e. The van der Waals surface area contributed by atoms with Crippen molar-refractivity contribution in [2.45, 2.75) is 58.0 Å². The lowest BCUT2D eigenvalue weighted by molar-refractivity contribution is 0.152. The topological polar surface area (TPSA) is 38.5 Å². The summed E-state index contributed by atoms with van der Waals surface area (Å²) in [6, 6.07) is 8.92. The molecule has 1 saturated carbocycles. The van der Waals surface area contributed by atoms with E-state index in [0.717, 1.165) is 43.5 Å². The molecule has 0 amide bonds. The van der Waals surface area contributed by atoms with Gasteiger partial charge in [0, 0.05) is 19.1 Å². The third kappa shape index (κ3) is 5.33. The van der Waals surface area contributed by atoms with Crippen LogP contribution in [0.2, 0.25) is 0 Å². The van der Waals surface area contributed by atoms with E-state index in [-0.39, 0.29) is 0 Å². The second-order valence-electron chi connectivity index (χ2n) is 5.97. The summed E-state index contributed by atoms with van der Waals surface area (Å²) >= 11 is 0. The van der Waals surface area contributed by atoms with Gasteiger partial charge in [0.25, 0.3) is 0 Å². The second-order valence-corrected chi connectivity index (χ2v) is 5.97. The molecule has 21 heavy (non-hydrogen) atoms. The Morgan fingerprint density at radius 1 is 1.14 bits per heavy atom. The van der Waals surface area contributed by atoms with E-state index in [1.807, 2.05) is 24.3 Å². The molecule has 0 atom stereocenters. The average molecular weight is 290 g/mol. The van der Waals surface area contributed by atoms with Gasteiger partial charge in [-0.3, -0.25) is 0 Å². The van der Waals surface area contributed by atoms with Gasteiger partial charge in [-0.25, -0.2) is 0 Å². The molecular weight excluding hydrogens is 260 g/mol. The smallest absolute Gasteiger partial charge is 0.119 e. The maximum atomic E-state index is 5.82. The zero-order chi connectivity index (χ0) is 14.9. The molecule has 118 valence electrons. The molecule has 0 aromatic heterocycles. The van der Waals surface area contributed by atoms with Crippen molar-refractivity contribution in [2.75, 3.05) is 19.7 Å². The molecule has 0 radical (unpaired) electrons. The summed E-state index contributed by atoms with van der Waals surface area (Å²) in [6.45, 7) is 5.98. The summed E-state index contributed by atoms with van der Waals surface area (Å²) in [6.07, 6.45) is 8.11. The Labute approximate surface area is 129 Å². The number of hydrogen-bond acceptors (Lipinski definition) is 3. The van der Waals surface area contributed by atoms with Gasteiger partial charge in [-0.2, -0.15) is 0 Å². The van der Waals surface area contributed by atoms with Crippen molar-refractivity contribution < 1.29 is 4.74 Å². The Bertz CT molecular complexity index is 385. The molecule has 0 spiro atoms. The number of benzene rings is 1. The highest BCUT2D eigenvalue weighted by Crippen LogP contribution is 2.22. The van der Waals surface area contributed by atoms with Crippen molar-refractivity contribution in [3.63, 3.8) is 0 Å². The van der Waals surface area contributed by atoms with Crippen molar-refractivity contribution in [1.82, 2.24) is 4.90 Å². The van der Waals surface area contributed by atoms with Crippen LogP contribution < -0.4 is 10.5 Å².